The molecule has 7 N–H and O–H groups in total. The molecule has 1 aromatic rings. The maximum atomic E-state index is 12.2. The van der Waals surface area contributed by atoms with E-state index < -0.39 is 48.5 Å². The van der Waals surface area contributed by atoms with Crippen LogP contribution in [0.1, 0.15) is 18.4 Å². The zero-order valence-electron chi connectivity index (χ0n) is 14.5. The molecule has 0 fully saturated rings. The monoisotopic (exact) mass is 381 g/mol. The molecular weight excluding hydrogens is 358 g/mol. The van der Waals surface area contributed by atoms with E-state index in [0.717, 1.165) is 0 Å². The Kier molecular flexibility index (Phi) is 8.90. The molecule has 0 unspecified atom stereocenters. The van der Waals surface area contributed by atoms with Gasteiger partial charge in [0.25, 0.3) is 0 Å². The van der Waals surface area contributed by atoms with Crippen LogP contribution >= 0.6 is 0 Å². The molecule has 1 aromatic carbocycles. The summed E-state index contributed by atoms with van der Waals surface area (Å²) < 4.78 is 0. The maximum absolute atomic E-state index is 12.2. The minimum atomic E-state index is -1.41. The van der Waals surface area contributed by atoms with Crippen LogP contribution in [0.15, 0.2) is 30.3 Å². The first-order chi connectivity index (χ1) is 12.7. The Bertz CT molecular complexity index is 666. The molecule has 0 spiro atoms. The Morgan fingerprint density at radius 2 is 1.56 bits per heavy atom. The Labute approximate surface area is 155 Å². The summed E-state index contributed by atoms with van der Waals surface area (Å²) in [5.41, 5.74) is 6.22. The lowest BCUT2D eigenvalue weighted by atomic mass is 10.1. The fourth-order valence-electron chi connectivity index (χ4n) is 2.21. The number of carbonyl (C=O) groups is 4. The predicted molar refractivity (Wildman–Crippen MR) is 93.6 cm³/mol. The van der Waals surface area contributed by atoms with Crippen molar-refractivity contribution < 1.29 is 34.5 Å². The molecular formula is C17H23N3O7. The van der Waals surface area contributed by atoms with E-state index in [1.54, 1.807) is 30.3 Å². The highest BCUT2D eigenvalue weighted by molar-refractivity contribution is 5.92. The summed E-state index contributed by atoms with van der Waals surface area (Å²) in [6.45, 7) is -0.777. The van der Waals surface area contributed by atoms with Crippen molar-refractivity contribution in [1.29, 1.82) is 0 Å². The maximum Gasteiger partial charge on any atom is 0.326 e. The summed E-state index contributed by atoms with van der Waals surface area (Å²) in [7, 11) is 0. The molecule has 148 valence electrons. The lowest BCUT2D eigenvalue weighted by Crippen LogP contribution is -2.56. The van der Waals surface area contributed by atoms with Gasteiger partial charge in [-0.15, -0.1) is 0 Å². The normalized spacial score (nSPS) is 13.9. The quantitative estimate of drug-likeness (QED) is 0.267. The number of benzene rings is 1. The van der Waals surface area contributed by atoms with Crippen LogP contribution in [0.4, 0.5) is 0 Å². The van der Waals surface area contributed by atoms with Gasteiger partial charge in [-0.05, 0) is 12.0 Å². The van der Waals surface area contributed by atoms with Gasteiger partial charge in [0.2, 0.25) is 11.8 Å². The highest BCUT2D eigenvalue weighted by Crippen LogP contribution is 2.04. The molecule has 10 nitrogen and oxygen atoms in total. The number of nitrogens with one attached hydrogen (secondary N) is 2. The number of hydrogen-bond donors (Lipinski definition) is 6. The van der Waals surface area contributed by atoms with Gasteiger partial charge >= 0.3 is 11.9 Å². The van der Waals surface area contributed by atoms with E-state index in [4.69, 9.17) is 10.8 Å². The predicted octanol–water partition coefficient (Wildman–Crippen LogP) is -1.53. The zero-order chi connectivity index (χ0) is 20.4. The second kappa shape index (κ2) is 10.9. The first kappa shape index (κ1) is 22.1. The van der Waals surface area contributed by atoms with Crippen molar-refractivity contribution in [2.24, 2.45) is 5.73 Å². The molecule has 0 aliphatic heterocycles. The van der Waals surface area contributed by atoms with Crippen LogP contribution in [0.5, 0.6) is 0 Å². The first-order valence-electron chi connectivity index (χ1n) is 8.20. The van der Waals surface area contributed by atoms with Crippen LogP contribution < -0.4 is 16.4 Å². The molecule has 0 aliphatic carbocycles. The van der Waals surface area contributed by atoms with Gasteiger partial charge < -0.3 is 31.7 Å². The standard InChI is InChI=1S/C17H23N3O7/c18-11(6-7-14(22)23)15(24)20-13(9-21)16(25)19-12(17(26)27)8-10-4-2-1-3-5-10/h1-5,11-13,21H,6-9,18H2,(H,19,25)(H,20,24)(H,22,23)(H,26,27)/t11-,12+,13-/m1/s1. The smallest absolute Gasteiger partial charge is 0.326 e. The Hall–Kier alpha value is -2.98. The molecule has 10 heteroatoms. The number of hydrogen-bond acceptors (Lipinski definition) is 6. The Balaban J connectivity index is 2.67. The van der Waals surface area contributed by atoms with Gasteiger partial charge in [0.1, 0.15) is 12.1 Å². The zero-order valence-corrected chi connectivity index (χ0v) is 14.5. The summed E-state index contributed by atoms with van der Waals surface area (Å²) in [5.74, 6) is -4.10. The Morgan fingerprint density at radius 1 is 0.963 bits per heavy atom. The summed E-state index contributed by atoms with van der Waals surface area (Å²) in [6.07, 6.45) is -0.457. The topological polar surface area (TPSA) is 179 Å². The summed E-state index contributed by atoms with van der Waals surface area (Å²) in [5, 5.41) is 31.7. The van der Waals surface area contributed by atoms with Crippen molar-refractivity contribution in [3.63, 3.8) is 0 Å². The van der Waals surface area contributed by atoms with Crippen molar-refractivity contribution in [3.05, 3.63) is 35.9 Å². The highest BCUT2D eigenvalue weighted by Gasteiger charge is 2.27. The van der Waals surface area contributed by atoms with Crippen LogP contribution in [0, 0.1) is 0 Å². The van der Waals surface area contributed by atoms with E-state index in [9.17, 15) is 29.4 Å². The number of aliphatic carboxylic acids is 2. The number of rotatable bonds is 11. The molecule has 0 saturated carbocycles. The molecule has 27 heavy (non-hydrogen) atoms. The number of carboxylic acid groups (broad SMARTS) is 2. The van der Waals surface area contributed by atoms with Crippen LogP contribution in [0.2, 0.25) is 0 Å². The number of nitrogens with two attached hydrogens (primary N) is 1. The van der Waals surface area contributed by atoms with Crippen molar-refractivity contribution in [1.82, 2.24) is 10.6 Å². The van der Waals surface area contributed by atoms with Crippen molar-refractivity contribution in [2.45, 2.75) is 37.4 Å². The van der Waals surface area contributed by atoms with Crippen LogP contribution in [-0.4, -0.2) is 63.8 Å². The summed E-state index contributed by atoms with van der Waals surface area (Å²) in [4.78, 5) is 46.0. The van der Waals surface area contributed by atoms with E-state index in [-0.39, 0.29) is 19.3 Å². The van der Waals surface area contributed by atoms with Gasteiger partial charge in [0.05, 0.1) is 12.6 Å². The van der Waals surface area contributed by atoms with Gasteiger partial charge in [-0.25, -0.2) is 4.79 Å². The lowest BCUT2D eigenvalue weighted by molar-refractivity contribution is -0.142. The highest BCUT2D eigenvalue weighted by atomic mass is 16.4. The van der Waals surface area contributed by atoms with Gasteiger partial charge in [-0.2, -0.15) is 0 Å². The molecule has 0 radical (unpaired) electrons. The minimum Gasteiger partial charge on any atom is -0.481 e. The van der Waals surface area contributed by atoms with E-state index in [0.29, 0.717) is 5.56 Å². The second-order valence-corrected chi connectivity index (χ2v) is 5.87. The van der Waals surface area contributed by atoms with Crippen molar-refractivity contribution in [3.8, 4) is 0 Å². The van der Waals surface area contributed by atoms with Gasteiger partial charge in [0.15, 0.2) is 0 Å². The van der Waals surface area contributed by atoms with E-state index in [2.05, 4.69) is 10.6 Å². The third-order valence-corrected chi connectivity index (χ3v) is 3.72. The number of aliphatic hydroxyl groups is 1. The number of carboxylic acids is 2. The fraction of sp³-hybridized carbons (Fsp3) is 0.412. The fourth-order valence-corrected chi connectivity index (χ4v) is 2.21. The molecule has 0 aliphatic rings. The average Bonchev–Trinajstić information content (AvgIpc) is 2.63. The van der Waals surface area contributed by atoms with E-state index >= 15 is 0 Å². The van der Waals surface area contributed by atoms with E-state index in [1.807, 2.05) is 0 Å². The Morgan fingerprint density at radius 3 is 2.07 bits per heavy atom. The largest absolute Gasteiger partial charge is 0.481 e. The SMILES string of the molecule is N[C@H](CCC(=O)O)C(=O)N[C@H](CO)C(=O)N[C@@H](Cc1ccccc1)C(=O)O. The number of amides is 2. The average molecular weight is 381 g/mol. The molecule has 1 rings (SSSR count). The van der Waals surface area contributed by atoms with Crippen molar-refractivity contribution in [2.75, 3.05) is 6.61 Å². The van der Waals surface area contributed by atoms with Crippen LogP contribution in [0.3, 0.4) is 0 Å². The van der Waals surface area contributed by atoms with Crippen LogP contribution in [0.25, 0.3) is 0 Å². The van der Waals surface area contributed by atoms with Crippen LogP contribution in [-0.2, 0) is 25.6 Å². The molecule has 2 amide bonds. The molecule has 3 atom stereocenters. The van der Waals surface area contributed by atoms with E-state index in [1.165, 1.54) is 0 Å². The summed E-state index contributed by atoms with van der Waals surface area (Å²) >= 11 is 0. The minimum absolute atomic E-state index is 0.0200. The third-order valence-electron chi connectivity index (χ3n) is 3.72. The van der Waals surface area contributed by atoms with Gasteiger partial charge in [0, 0.05) is 12.8 Å². The molecule has 0 heterocycles. The first-order valence-corrected chi connectivity index (χ1v) is 8.20. The molecule has 0 bridgehead atoms. The molecule has 0 saturated heterocycles. The van der Waals surface area contributed by atoms with Crippen molar-refractivity contribution >= 4 is 23.8 Å². The second-order valence-electron chi connectivity index (χ2n) is 5.87. The number of carbonyl (C=O) groups excluding carboxylic acids is 2. The van der Waals surface area contributed by atoms with Gasteiger partial charge in [-0.1, -0.05) is 30.3 Å². The van der Waals surface area contributed by atoms with Gasteiger partial charge in [-0.3, -0.25) is 14.4 Å². The molecule has 0 aromatic heterocycles. The summed E-state index contributed by atoms with van der Waals surface area (Å²) in [6, 6.07) is 4.78. The lowest BCUT2D eigenvalue weighted by Gasteiger charge is -2.21. The number of aliphatic hydroxyl groups excluding tert-OH is 1. The third kappa shape index (κ3) is 7.84.